The number of rotatable bonds is 13. The molecule has 0 aliphatic heterocycles. The quantitative estimate of drug-likeness (QED) is 0.238. The number of hydrogen-bond acceptors (Lipinski definition) is 0. The minimum atomic E-state index is -0.904. The number of unbranched alkanes of at least 4 members (excludes halogenated alkanes) is 6. The van der Waals surface area contributed by atoms with Crippen LogP contribution in [0, 0.1) is 5.92 Å². The minimum absolute atomic E-state index is 0.525. The molecule has 2 saturated carbocycles. The summed E-state index contributed by atoms with van der Waals surface area (Å²) >= 11 is 0. The van der Waals surface area contributed by atoms with Gasteiger partial charge in [0.05, 0.1) is 0 Å². The molecule has 0 saturated heterocycles. The van der Waals surface area contributed by atoms with Gasteiger partial charge >= 0.3 is 0 Å². The standard InChI is InChI=1S/C36H53F/c1-3-5-7-8-10-26-36(37)27-24-35(25-28-36)34-22-20-33(21-23-34)32-18-16-31(17-19-32)30-14-12-29(13-15-30)11-9-6-4-2/h16-23,29-30,35H,3-15,24-28H2,1-2H3/t29-,30-,35?,36?. The lowest BCUT2D eigenvalue weighted by molar-refractivity contribution is 0.0849. The molecule has 0 atom stereocenters. The molecule has 0 N–H and O–H groups in total. The Balaban J connectivity index is 1.23. The van der Waals surface area contributed by atoms with Crippen molar-refractivity contribution in [2.24, 2.45) is 5.92 Å². The van der Waals surface area contributed by atoms with Gasteiger partial charge < -0.3 is 0 Å². The highest BCUT2D eigenvalue weighted by atomic mass is 19.1. The normalized spacial score (nSPS) is 26.3. The van der Waals surface area contributed by atoms with E-state index in [0.717, 1.165) is 50.4 Å². The van der Waals surface area contributed by atoms with Crippen molar-refractivity contribution >= 4 is 0 Å². The van der Waals surface area contributed by atoms with Crippen LogP contribution >= 0.6 is 0 Å². The Hall–Kier alpha value is -1.63. The third-order valence-electron chi connectivity index (χ3n) is 9.77. The monoisotopic (exact) mass is 504 g/mol. The highest BCUT2D eigenvalue weighted by Crippen LogP contribution is 2.43. The number of alkyl halides is 1. The lowest BCUT2D eigenvalue weighted by Crippen LogP contribution is -2.28. The van der Waals surface area contributed by atoms with Gasteiger partial charge in [-0.1, -0.05) is 120 Å². The molecule has 0 nitrogen and oxygen atoms in total. The fourth-order valence-electron chi connectivity index (χ4n) is 7.13. The number of hydrogen-bond donors (Lipinski definition) is 0. The Bertz CT molecular complexity index is 879. The first-order valence-electron chi connectivity index (χ1n) is 16.0. The highest BCUT2D eigenvalue weighted by molar-refractivity contribution is 5.64. The van der Waals surface area contributed by atoms with Crippen LogP contribution in [0.3, 0.4) is 0 Å². The van der Waals surface area contributed by atoms with Crippen LogP contribution < -0.4 is 0 Å². The van der Waals surface area contributed by atoms with E-state index in [1.165, 1.54) is 99.3 Å². The zero-order chi connectivity index (χ0) is 25.9. The van der Waals surface area contributed by atoms with E-state index in [2.05, 4.69) is 62.4 Å². The summed E-state index contributed by atoms with van der Waals surface area (Å²) in [6, 6.07) is 18.6. The lowest BCUT2D eigenvalue weighted by Gasteiger charge is -2.34. The second-order valence-corrected chi connectivity index (χ2v) is 12.5. The zero-order valence-corrected chi connectivity index (χ0v) is 24.0. The van der Waals surface area contributed by atoms with Crippen LogP contribution in [0.1, 0.15) is 152 Å². The topological polar surface area (TPSA) is 0 Å². The minimum Gasteiger partial charge on any atom is -0.244 e. The molecule has 0 aromatic heterocycles. The van der Waals surface area contributed by atoms with Crippen molar-refractivity contribution in [3.05, 3.63) is 59.7 Å². The van der Waals surface area contributed by atoms with E-state index in [-0.39, 0.29) is 0 Å². The molecule has 2 aromatic carbocycles. The van der Waals surface area contributed by atoms with E-state index in [9.17, 15) is 0 Å². The second-order valence-electron chi connectivity index (χ2n) is 12.5. The maximum Gasteiger partial charge on any atom is 0.111 e. The largest absolute Gasteiger partial charge is 0.244 e. The van der Waals surface area contributed by atoms with E-state index in [4.69, 9.17) is 0 Å². The molecule has 37 heavy (non-hydrogen) atoms. The summed E-state index contributed by atoms with van der Waals surface area (Å²) in [4.78, 5) is 0. The molecule has 4 rings (SSSR count). The molecule has 0 bridgehead atoms. The van der Waals surface area contributed by atoms with E-state index >= 15 is 4.39 Å². The SMILES string of the molecule is CCCCCCCC1(F)CCC(c2ccc(-c3ccc([C@H]4CC[C@H](CCCCC)CC4)cc3)cc2)CC1. The van der Waals surface area contributed by atoms with Crippen LogP contribution in [0.25, 0.3) is 11.1 Å². The van der Waals surface area contributed by atoms with Crippen LogP contribution in [-0.2, 0) is 0 Å². The summed E-state index contributed by atoms with van der Waals surface area (Å²) < 4.78 is 15.3. The van der Waals surface area contributed by atoms with Gasteiger partial charge in [-0.25, -0.2) is 4.39 Å². The average molecular weight is 505 g/mol. The predicted molar refractivity (Wildman–Crippen MR) is 159 cm³/mol. The van der Waals surface area contributed by atoms with Gasteiger partial charge in [0.15, 0.2) is 0 Å². The van der Waals surface area contributed by atoms with Gasteiger partial charge in [-0.2, -0.15) is 0 Å². The Labute approximate surface area is 227 Å². The first kappa shape index (κ1) is 28.4. The summed E-state index contributed by atoms with van der Waals surface area (Å²) in [5.41, 5.74) is 4.66. The molecule has 0 spiro atoms. The Morgan fingerprint density at radius 2 is 1.08 bits per heavy atom. The molecule has 1 heteroatoms. The molecule has 2 aliphatic rings. The van der Waals surface area contributed by atoms with E-state index in [1.807, 2.05) is 0 Å². The molecule has 204 valence electrons. The van der Waals surface area contributed by atoms with Crippen molar-refractivity contribution in [1.82, 2.24) is 0 Å². The van der Waals surface area contributed by atoms with Gasteiger partial charge in [0.2, 0.25) is 0 Å². The first-order chi connectivity index (χ1) is 18.1. The van der Waals surface area contributed by atoms with E-state index in [1.54, 1.807) is 0 Å². The lowest BCUT2D eigenvalue weighted by atomic mass is 9.75. The van der Waals surface area contributed by atoms with Crippen LogP contribution in [0.2, 0.25) is 0 Å². The summed E-state index contributed by atoms with van der Waals surface area (Å²) in [5, 5.41) is 0. The summed E-state index contributed by atoms with van der Waals surface area (Å²) in [6.45, 7) is 4.54. The van der Waals surface area contributed by atoms with Crippen molar-refractivity contribution < 1.29 is 4.39 Å². The third-order valence-corrected chi connectivity index (χ3v) is 9.77. The highest BCUT2D eigenvalue weighted by Gasteiger charge is 2.35. The number of halogens is 1. The Kier molecular flexibility index (Phi) is 11.1. The maximum atomic E-state index is 15.3. The van der Waals surface area contributed by atoms with Crippen LogP contribution in [0.15, 0.2) is 48.5 Å². The summed E-state index contributed by atoms with van der Waals surface area (Å²) in [6.07, 6.45) is 21.5. The summed E-state index contributed by atoms with van der Waals surface area (Å²) in [7, 11) is 0. The van der Waals surface area contributed by atoms with Crippen molar-refractivity contribution in [2.45, 2.75) is 147 Å². The molecule has 0 radical (unpaired) electrons. The van der Waals surface area contributed by atoms with Crippen molar-refractivity contribution in [3.63, 3.8) is 0 Å². The van der Waals surface area contributed by atoms with Crippen LogP contribution in [-0.4, -0.2) is 5.67 Å². The molecular formula is C36H53F. The second kappa shape index (κ2) is 14.5. The molecule has 0 heterocycles. The molecular weight excluding hydrogens is 451 g/mol. The van der Waals surface area contributed by atoms with Gasteiger partial charge in [0.1, 0.15) is 5.67 Å². The van der Waals surface area contributed by atoms with Gasteiger partial charge in [0, 0.05) is 0 Å². The van der Waals surface area contributed by atoms with Gasteiger partial charge in [-0.15, -0.1) is 0 Å². The van der Waals surface area contributed by atoms with Crippen molar-refractivity contribution in [3.8, 4) is 11.1 Å². The van der Waals surface area contributed by atoms with Gasteiger partial charge in [-0.3, -0.25) is 0 Å². The maximum absolute atomic E-state index is 15.3. The molecule has 2 aromatic rings. The zero-order valence-electron chi connectivity index (χ0n) is 24.0. The fraction of sp³-hybridized carbons (Fsp3) is 0.667. The van der Waals surface area contributed by atoms with E-state index < -0.39 is 5.67 Å². The predicted octanol–water partition coefficient (Wildman–Crippen LogP) is 11.9. The van der Waals surface area contributed by atoms with Crippen molar-refractivity contribution in [2.75, 3.05) is 0 Å². The van der Waals surface area contributed by atoms with Crippen LogP contribution in [0.5, 0.6) is 0 Å². The Morgan fingerprint density at radius 1 is 0.595 bits per heavy atom. The smallest absolute Gasteiger partial charge is 0.111 e. The van der Waals surface area contributed by atoms with Crippen molar-refractivity contribution in [1.29, 1.82) is 0 Å². The van der Waals surface area contributed by atoms with Crippen LogP contribution in [0.4, 0.5) is 4.39 Å². The molecule has 0 amide bonds. The fourth-order valence-corrected chi connectivity index (χ4v) is 7.13. The molecule has 0 unspecified atom stereocenters. The number of benzene rings is 2. The first-order valence-corrected chi connectivity index (χ1v) is 16.0. The third kappa shape index (κ3) is 8.43. The van der Waals surface area contributed by atoms with E-state index in [0.29, 0.717) is 5.92 Å². The van der Waals surface area contributed by atoms with Gasteiger partial charge in [-0.05, 0) is 97.8 Å². The molecule has 2 aliphatic carbocycles. The average Bonchev–Trinajstić information content (AvgIpc) is 2.94. The molecule has 2 fully saturated rings. The summed E-state index contributed by atoms with van der Waals surface area (Å²) in [5.74, 6) is 2.25. The Morgan fingerprint density at radius 3 is 1.62 bits per heavy atom. The van der Waals surface area contributed by atoms with Gasteiger partial charge in [0.25, 0.3) is 0 Å².